The van der Waals surface area contributed by atoms with Gasteiger partial charge in [-0.05, 0) is 55.8 Å². The van der Waals surface area contributed by atoms with Crippen LogP contribution in [0.3, 0.4) is 0 Å². The number of likely N-dealkylation sites (tertiary alicyclic amines) is 1. The van der Waals surface area contributed by atoms with Crippen LogP contribution in [-0.2, 0) is 20.9 Å². The fourth-order valence-electron chi connectivity index (χ4n) is 4.51. The zero-order valence-electron chi connectivity index (χ0n) is 21.1. The van der Waals surface area contributed by atoms with Gasteiger partial charge in [0.2, 0.25) is 11.8 Å². The van der Waals surface area contributed by atoms with Crippen molar-refractivity contribution < 1.29 is 29.0 Å². The minimum absolute atomic E-state index is 0.166. The van der Waals surface area contributed by atoms with Crippen LogP contribution in [0, 0.1) is 5.41 Å². The molecule has 9 heteroatoms. The summed E-state index contributed by atoms with van der Waals surface area (Å²) in [4.78, 5) is 39.1. The van der Waals surface area contributed by atoms with Crippen LogP contribution in [0.5, 0.6) is 11.5 Å². The largest absolute Gasteiger partial charge is 0.493 e. The zero-order chi connectivity index (χ0) is 26.5. The summed E-state index contributed by atoms with van der Waals surface area (Å²) < 4.78 is 11.3. The summed E-state index contributed by atoms with van der Waals surface area (Å²) in [6.45, 7) is 6.90. The van der Waals surface area contributed by atoms with Gasteiger partial charge in [-0.25, -0.2) is 0 Å². The number of hydrogen-bond acceptors (Lipinski definition) is 6. The number of carboxylic acid groups (broad SMARTS) is 1. The molecule has 0 radical (unpaired) electrons. The normalized spacial score (nSPS) is 14.9. The molecule has 1 aliphatic rings. The van der Waals surface area contributed by atoms with E-state index in [0.717, 1.165) is 11.1 Å². The van der Waals surface area contributed by atoms with Crippen LogP contribution >= 0.6 is 11.6 Å². The lowest BCUT2D eigenvalue weighted by atomic mass is 9.79. The Morgan fingerprint density at radius 3 is 2.31 bits per heavy atom. The van der Waals surface area contributed by atoms with Crippen molar-refractivity contribution in [3.8, 4) is 11.5 Å². The summed E-state index contributed by atoms with van der Waals surface area (Å²) >= 11 is 6.08. The van der Waals surface area contributed by atoms with Crippen LogP contribution in [0.1, 0.15) is 50.8 Å². The van der Waals surface area contributed by atoms with Crippen molar-refractivity contribution in [1.29, 1.82) is 0 Å². The van der Waals surface area contributed by atoms with Gasteiger partial charge in [-0.15, -0.1) is 0 Å². The highest BCUT2D eigenvalue weighted by Gasteiger charge is 2.41. The van der Waals surface area contributed by atoms with E-state index in [4.69, 9.17) is 21.1 Å². The number of carboxylic acids is 1. The van der Waals surface area contributed by atoms with E-state index in [0.29, 0.717) is 29.6 Å². The van der Waals surface area contributed by atoms with E-state index in [2.05, 4.69) is 4.90 Å². The maximum atomic E-state index is 12.2. The molecule has 0 saturated carbocycles. The molecule has 2 aromatic carbocycles. The third-order valence-electron chi connectivity index (χ3n) is 6.53. The molecular weight excluding hydrogens is 484 g/mol. The summed E-state index contributed by atoms with van der Waals surface area (Å²) in [6, 6.07) is 12.4. The predicted octanol–water partition coefficient (Wildman–Crippen LogP) is 4.55. The maximum absolute atomic E-state index is 12.2. The number of methoxy groups -OCH3 is 1. The number of aliphatic carboxylic acids is 1. The highest BCUT2D eigenvalue weighted by molar-refractivity contribution is 6.30. The quantitative estimate of drug-likeness (QED) is 0.413. The lowest BCUT2D eigenvalue weighted by molar-refractivity contribution is -0.151. The molecular formula is C27H33ClN2O6. The molecule has 2 aromatic rings. The SMILES string of the molecule is CCN(Cc1ccc(OCCN2C(=O)CCC2=O)c(OC)c1)C(c1ccc(Cl)cc1)C(C)(C)C(=O)O. The van der Waals surface area contributed by atoms with Crippen LogP contribution in [0.15, 0.2) is 42.5 Å². The molecule has 1 N–H and O–H groups in total. The van der Waals surface area contributed by atoms with Crippen molar-refractivity contribution in [2.24, 2.45) is 5.41 Å². The molecule has 194 valence electrons. The van der Waals surface area contributed by atoms with Gasteiger partial charge in [-0.1, -0.05) is 36.7 Å². The molecule has 1 saturated heterocycles. The minimum atomic E-state index is -1.07. The third-order valence-corrected chi connectivity index (χ3v) is 6.78. The van der Waals surface area contributed by atoms with Crippen LogP contribution in [0.2, 0.25) is 5.02 Å². The molecule has 3 rings (SSSR count). The molecule has 1 heterocycles. The molecule has 1 aliphatic heterocycles. The molecule has 1 fully saturated rings. The van der Waals surface area contributed by atoms with Gasteiger partial charge >= 0.3 is 5.97 Å². The van der Waals surface area contributed by atoms with E-state index in [-0.39, 0.29) is 37.8 Å². The van der Waals surface area contributed by atoms with Gasteiger partial charge in [0.05, 0.1) is 25.1 Å². The van der Waals surface area contributed by atoms with E-state index in [1.54, 1.807) is 39.2 Å². The maximum Gasteiger partial charge on any atom is 0.311 e. The number of rotatable bonds is 12. The van der Waals surface area contributed by atoms with E-state index in [9.17, 15) is 19.5 Å². The van der Waals surface area contributed by atoms with Crippen LogP contribution in [0.25, 0.3) is 0 Å². The Bertz CT molecular complexity index is 1090. The topological polar surface area (TPSA) is 96.4 Å². The molecule has 1 unspecified atom stereocenters. The van der Waals surface area contributed by atoms with Crippen molar-refractivity contribution in [1.82, 2.24) is 9.80 Å². The number of amides is 2. The molecule has 2 amide bonds. The number of ether oxygens (including phenoxy) is 2. The van der Waals surface area contributed by atoms with Crippen LogP contribution < -0.4 is 9.47 Å². The first kappa shape index (κ1) is 27.5. The molecule has 1 atom stereocenters. The first-order valence-electron chi connectivity index (χ1n) is 11.9. The molecule has 0 aliphatic carbocycles. The molecule has 0 spiro atoms. The number of halogens is 1. The van der Waals surface area contributed by atoms with E-state index in [1.165, 1.54) is 4.90 Å². The second-order valence-electron chi connectivity index (χ2n) is 9.32. The van der Waals surface area contributed by atoms with Crippen molar-refractivity contribution in [3.05, 3.63) is 58.6 Å². The monoisotopic (exact) mass is 516 g/mol. The summed E-state index contributed by atoms with van der Waals surface area (Å²) in [7, 11) is 1.54. The number of carbonyl (C=O) groups is 3. The second kappa shape index (κ2) is 11.8. The van der Waals surface area contributed by atoms with Crippen molar-refractivity contribution in [3.63, 3.8) is 0 Å². The van der Waals surface area contributed by atoms with Crippen LogP contribution in [0.4, 0.5) is 0 Å². The first-order chi connectivity index (χ1) is 17.1. The zero-order valence-corrected chi connectivity index (χ0v) is 21.9. The molecule has 8 nitrogen and oxygen atoms in total. The fraction of sp³-hybridized carbons (Fsp3) is 0.444. The molecule has 36 heavy (non-hydrogen) atoms. The summed E-state index contributed by atoms with van der Waals surface area (Å²) in [5, 5.41) is 10.6. The van der Waals surface area contributed by atoms with Crippen molar-refractivity contribution in [2.45, 2.75) is 46.2 Å². The fourth-order valence-corrected chi connectivity index (χ4v) is 4.64. The van der Waals surface area contributed by atoms with E-state index >= 15 is 0 Å². The Labute approximate surface area is 216 Å². The van der Waals surface area contributed by atoms with E-state index < -0.39 is 17.4 Å². The predicted molar refractivity (Wildman–Crippen MR) is 136 cm³/mol. The number of imide groups is 1. The van der Waals surface area contributed by atoms with Crippen molar-refractivity contribution in [2.75, 3.05) is 26.8 Å². The van der Waals surface area contributed by atoms with Crippen molar-refractivity contribution >= 4 is 29.4 Å². The smallest absolute Gasteiger partial charge is 0.311 e. The van der Waals surface area contributed by atoms with E-state index in [1.807, 2.05) is 31.2 Å². The Morgan fingerprint density at radius 2 is 1.75 bits per heavy atom. The summed E-state index contributed by atoms with van der Waals surface area (Å²) in [5.41, 5.74) is 0.721. The number of nitrogens with zero attached hydrogens (tertiary/aromatic N) is 2. The summed E-state index contributed by atoms with van der Waals surface area (Å²) in [6.07, 6.45) is 0.501. The standard InChI is InChI=1S/C27H33ClN2O6/c1-5-29(25(27(2,3)26(33)34)19-7-9-20(28)10-8-19)17-18-6-11-21(22(16-18)35-4)36-15-14-30-23(31)12-13-24(30)32/h6-11,16,25H,5,12-15,17H2,1-4H3,(H,33,34). The third kappa shape index (κ3) is 6.17. The first-order valence-corrected chi connectivity index (χ1v) is 12.3. The van der Waals surface area contributed by atoms with Gasteiger partial charge in [-0.3, -0.25) is 24.2 Å². The average molecular weight is 517 g/mol. The Hall–Kier alpha value is -3.10. The Kier molecular flexibility index (Phi) is 8.98. The second-order valence-corrected chi connectivity index (χ2v) is 9.75. The lowest BCUT2D eigenvalue weighted by Crippen LogP contribution is -2.42. The highest BCUT2D eigenvalue weighted by Crippen LogP contribution is 2.40. The van der Waals surface area contributed by atoms with Gasteiger partial charge < -0.3 is 14.6 Å². The molecule has 0 aromatic heterocycles. The number of benzene rings is 2. The van der Waals surface area contributed by atoms with Gasteiger partial charge in [0.1, 0.15) is 6.61 Å². The number of hydrogen-bond donors (Lipinski definition) is 1. The van der Waals surface area contributed by atoms with Crippen LogP contribution in [-0.4, -0.2) is 59.5 Å². The average Bonchev–Trinajstić information content (AvgIpc) is 3.17. The highest BCUT2D eigenvalue weighted by atomic mass is 35.5. The van der Waals surface area contributed by atoms with Gasteiger partial charge in [0, 0.05) is 24.4 Å². The lowest BCUT2D eigenvalue weighted by Gasteiger charge is -2.40. The van der Waals surface area contributed by atoms with Gasteiger partial charge in [0.15, 0.2) is 11.5 Å². The van der Waals surface area contributed by atoms with Gasteiger partial charge in [0.25, 0.3) is 0 Å². The Morgan fingerprint density at radius 1 is 1.11 bits per heavy atom. The van der Waals surface area contributed by atoms with Gasteiger partial charge in [-0.2, -0.15) is 0 Å². The summed E-state index contributed by atoms with van der Waals surface area (Å²) in [5.74, 6) is -0.223. The molecule has 0 bridgehead atoms. The minimum Gasteiger partial charge on any atom is -0.493 e. The number of carbonyl (C=O) groups excluding carboxylic acids is 2. The Balaban J connectivity index is 1.79.